The second-order valence-electron chi connectivity index (χ2n) is 9.05. The van der Waals surface area contributed by atoms with Crippen molar-refractivity contribution in [3.05, 3.63) is 92.9 Å². The number of quaternary nitrogens is 1. The Labute approximate surface area is 227 Å². The number of carbonyl (C=O) groups is 2. The number of aliphatic hydroxyl groups is 1. The lowest BCUT2D eigenvalue weighted by Crippen LogP contribution is -3.06. The molecule has 1 atom stereocenters. The SMILES string of the molecule is CC.CCO.Cc1c(C[NH+](C)Cc2ccc(F)c(Cl)c2)oc2c1C(=O)C(=O)c1c-2ccc2c(C)cccc12. The minimum atomic E-state index is -0.526. The van der Waals surface area contributed by atoms with Crippen molar-refractivity contribution in [2.24, 2.45) is 0 Å². The molecule has 0 saturated carbocycles. The molecule has 0 bridgehead atoms. The molecule has 0 aliphatic heterocycles. The Morgan fingerprint density at radius 2 is 1.61 bits per heavy atom. The zero-order valence-corrected chi connectivity index (χ0v) is 23.4. The van der Waals surface area contributed by atoms with Crippen LogP contribution in [0.2, 0.25) is 5.02 Å². The van der Waals surface area contributed by atoms with E-state index in [4.69, 9.17) is 21.1 Å². The third kappa shape index (κ3) is 5.58. The summed E-state index contributed by atoms with van der Waals surface area (Å²) in [6.07, 6.45) is 0. The van der Waals surface area contributed by atoms with Crippen LogP contribution in [-0.4, -0.2) is 30.3 Å². The molecule has 0 fully saturated rings. The lowest BCUT2D eigenvalue weighted by Gasteiger charge is -2.16. The molecule has 38 heavy (non-hydrogen) atoms. The van der Waals surface area contributed by atoms with Crippen LogP contribution in [0, 0.1) is 19.7 Å². The van der Waals surface area contributed by atoms with Crippen molar-refractivity contribution in [3.8, 4) is 11.3 Å². The second kappa shape index (κ2) is 12.5. The lowest BCUT2D eigenvalue weighted by atomic mass is 9.83. The smallest absolute Gasteiger partial charge is 0.237 e. The van der Waals surface area contributed by atoms with E-state index in [-0.39, 0.29) is 11.6 Å². The number of furan rings is 1. The van der Waals surface area contributed by atoms with Gasteiger partial charge < -0.3 is 14.4 Å². The van der Waals surface area contributed by atoms with E-state index < -0.39 is 17.4 Å². The van der Waals surface area contributed by atoms with Gasteiger partial charge in [-0.2, -0.15) is 0 Å². The first-order valence-corrected chi connectivity index (χ1v) is 13.2. The van der Waals surface area contributed by atoms with Crippen molar-refractivity contribution in [2.45, 2.75) is 47.7 Å². The molecule has 1 aliphatic carbocycles. The Morgan fingerprint density at radius 1 is 0.947 bits per heavy atom. The van der Waals surface area contributed by atoms with Crippen molar-refractivity contribution < 1.29 is 28.4 Å². The van der Waals surface area contributed by atoms with E-state index in [1.165, 1.54) is 6.07 Å². The van der Waals surface area contributed by atoms with Gasteiger partial charge in [-0.15, -0.1) is 0 Å². The third-order valence-electron chi connectivity index (χ3n) is 6.38. The van der Waals surface area contributed by atoms with Crippen molar-refractivity contribution in [2.75, 3.05) is 13.7 Å². The first-order valence-electron chi connectivity index (χ1n) is 12.8. The Bertz CT molecular complexity index is 1490. The fourth-order valence-corrected chi connectivity index (χ4v) is 4.91. The average Bonchev–Trinajstić information content (AvgIpc) is 3.22. The first-order chi connectivity index (χ1) is 18.2. The molecule has 2 N–H and O–H groups in total. The molecule has 1 aliphatic rings. The Balaban J connectivity index is 0.000000748. The number of hydrogen-bond donors (Lipinski definition) is 2. The summed E-state index contributed by atoms with van der Waals surface area (Å²) in [6.45, 7) is 10.8. The summed E-state index contributed by atoms with van der Waals surface area (Å²) in [4.78, 5) is 27.3. The summed E-state index contributed by atoms with van der Waals surface area (Å²) in [5, 5.41) is 9.38. The summed E-state index contributed by atoms with van der Waals surface area (Å²) in [5.41, 5.74) is 4.05. The summed E-state index contributed by atoms with van der Waals surface area (Å²) >= 11 is 5.91. The van der Waals surface area contributed by atoms with Crippen LogP contribution in [0.5, 0.6) is 0 Å². The highest BCUT2D eigenvalue weighted by molar-refractivity contribution is 6.54. The lowest BCUT2D eigenvalue weighted by molar-refractivity contribution is -0.908. The highest BCUT2D eigenvalue weighted by Gasteiger charge is 2.37. The van der Waals surface area contributed by atoms with Gasteiger partial charge in [-0.05, 0) is 55.3 Å². The molecule has 5 nitrogen and oxygen atoms in total. The third-order valence-corrected chi connectivity index (χ3v) is 6.67. The van der Waals surface area contributed by atoms with Gasteiger partial charge in [0.1, 0.15) is 24.7 Å². The van der Waals surface area contributed by atoms with Crippen LogP contribution in [0.25, 0.3) is 22.1 Å². The second-order valence-corrected chi connectivity index (χ2v) is 9.45. The Kier molecular flexibility index (Phi) is 9.60. The van der Waals surface area contributed by atoms with E-state index in [2.05, 4.69) is 0 Å². The Hall–Kier alpha value is -3.32. The standard InChI is InChI=1S/C27H21ClFNO3.C2H6O.C2H6/c1-14-5-4-6-18-17(14)8-9-19-24(18)26(32)25(31)23-15(2)22(33-27(19)23)13-30(3)12-16-7-10-21(29)20(28)11-16;1-2-3;1-2/h4-11H,12-13H2,1-3H3;3H,2H2,1H3;1-2H3/p+1. The Morgan fingerprint density at radius 3 is 2.26 bits per heavy atom. The maximum absolute atomic E-state index is 13.5. The van der Waals surface area contributed by atoms with E-state index in [1.807, 2.05) is 65.1 Å². The number of rotatable bonds is 4. The highest BCUT2D eigenvalue weighted by Crippen LogP contribution is 2.41. The molecule has 3 aromatic carbocycles. The van der Waals surface area contributed by atoms with Gasteiger partial charge in [0.2, 0.25) is 11.6 Å². The molecule has 0 saturated heterocycles. The fourth-order valence-electron chi connectivity index (χ4n) is 4.70. The number of hydrogen-bond acceptors (Lipinski definition) is 4. The van der Waals surface area contributed by atoms with Gasteiger partial charge in [-0.1, -0.05) is 55.8 Å². The van der Waals surface area contributed by atoms with E-state index in [1.54, 1.807) is 19.1 Å². The van der Waals surface area contributed by atoms with Gasteiger partial charge in [0.25, 0.3) is 0 Å². The molecular formula is C31H34ClFNO4+. The number of aryl methyl sites for hydroxylation is 1. The zero-order chi connectivity index (χ0) is 28.1. The summed E-state index contributed by atoms with van der Waals surface area (Å²) in [5.74, 6) is -0.350. The maximum Gasteiger partial charge on any atom is 0.237 e. The molecule has 0 spiro atoms. The number of Topliss-reactive ketones (excluding diaryl/α,β-unsaturated/α-hetero) is 2. The largest absolute Gasteiger partial charge is 0.454 e. The molecular weight excluding hydrogens is 505 g/mol. The highest BCUT2D eigenvalue weighted by atomic mass is 35.5. The predicted octanol–water partition coefficient (Wildman–Crippen LogP) is 6.13. The summed E-state index contributed by atoms with van der Waals surface area (Å²) in [6, 6.07) is 14.3. The molecule has 4 aromatic rings. The van der Waals surface area contributed by atoms with Gasteiger partial charge in [-0.25, -0.2) is 4.39 Å². The molecule has 7 heteroatoms. The van der Waals surface area contributed by atoms with Crippen molar-refractivity contribution in [1.82, 2.24) is 0 Å². The number of fused-ring (bicyclic) bond motifs is 5. The van der Waals surface area contributed by atoms with E-state index in [0.29, 0.717) is 46.9 Å². The summed E-state index contributed by atoms with van der Waals surface area (Å²) < 4.78 is 19.7. The number of nitrogens with one attached hydrogen (secondary N) is 1. The van der Waals surface area contributed by atoms with Gasteiger partial charge in [0, 0.05) is 28.9 Å². The van der Waals surface area contributed by atoms with Gasteiger partial charge in [0.15, 0.2) is 5.76 Å². The van der Waals surface area contributed by atoms with Crippen LogP contribution in [0.4, 0.5) is 4.39 Å². The first kappa shape index (κ1) is 29.2. The van der Waals surface area contributed by atoms with Gasteiger partial charge in [-0.3, -0.25) is 9.59 Å². The monoisotopic (exact) mass is 538 g/mol. The van der Waals surface area contributed by atoms with Crippen LogP contribution in [0.1, 0.15) is 63.9 Å². The number of aliphatic hydroxyl groups excluding tert-OH is 1. The van der Waals surface area contributed by atoms with Crippen molar-refractivity contribution in [3.63, 3.8) is 0 Å². The van der Waals surface area contributed by atoms with Gasteiger partial charge >= 0.3 is 0 Å². The molecule has 1 aromatic heterocycles. The zero-order valence-electron chi connectivity index (χ0n) is 22.7. The molecule has 200 valence electrons. The predicted molar refractivity (Wildman–Crippen MR) is 150 cm³/mol. The fraction of sp³-hybridized carbons (Fsp3) is 0.290. The molecule has 1 unspecified atom stereocenters. The van der Waals surface area contributed by atoms with Crippen LogP contribution in [-0.2, 0) is 13.1 Å². The van der Waals surface area contributed by atoms with Crippen LogP contribution >= 0.6 is 11.6 Å². The normalized spacial score (nSPS) is 12.7. The van der Waals surface area contributed by atoms with Crippen molar-refractivity contribution in [1.29, 1.82) is 0 Å². The number of halogens is 2. The number of ketones is 2. The quantitative estimate of drug-likeness (QED) is 0.307. The topological polar surface area (TPSA) is 72.0 Å². The van der Waals surface area contributed by atoms with E-state index >= 15 is 0 Å². The summed E-state index contributed by atoms with van der Waals surface area (Å²) in [7, 11) is 1.98. The molecule has 0 amide bonds. The minimum Gasteiger partial charge on any atom is -0.454 e. The van der Waals surface area contributed by atoms with Crippen LogP contribution in [0.15, 0.2) is 52.9 Å². The van der Waals surface area contributed by atoms with E-state index in [9.17, 15) is 14.0 Å². The average molecular weight is 539 g/mol. The molecule has 1 heterocycles. The number of benzene rings is 3. The molecule has 5 rings (SSSR count). The maximum atomic E-state index is 13.5. The van der Waals surface area contributed by atoms with E-state index in [0.717, 1.165) is 26.8 Å². The van der Waals surface area contributed by atoms with Crippen LogP contribution in [0.3, 0.4) is 0 Å². The number of carbonyl (C=O) groups excluding carboxylic acids is 2. The molecule has 0 radical (unpaired) electrons. The van der Waals surface area contributed by atoms with Crippen molar-refractivity contribution >= 4 is 33.9 Å². The minimum absolute atomic E-state index is 0.0909. The van der Waals surface area contributed by atoms with Gasteiger partial charge in [0.05, 0.1) is 17.6 Å². The van der Waals surface area contributed by atoms with Crippen LogP contribution < -0.4 is 4.90 Å².